The Hall–Kier alpha value is 0.360. The molecule has 1 saturated heterocycles. The van der Waals surface area contributed by atoms with Crippen molar-refractivity contribution in [3.8, 4) is 0 Å². The van der Waals surface area contributed by atoms with E-state index in [-0.39, 0.29) is 0 Å². The van der Waals surface area contributed by atoms with Crippen LogP contribution >= 0.6 is 15.9 Å². The van der Waals surface area contributed by atoms with E-state index in [2.05, 4.69) is 35.1 Å². The summed E-state index contributed by atoms with van der Waals surface area (Å²) in [6, 6.07) is 0.333. The highest BCUT2D eigenvalue weighted by molar-refractivity contribution is 9.09. The van der Waals surface area contributed by atoms with Gasteiger partial charge in [0.05, 0.1) is 12.7 Å². The van der Waals surface area contributed by atoms with Crippen LogP contribution in [-0.4, -0.2) is 37.2 Å². The molecule has 1 unspecified atom stereocenters. The Morgan fingerprint density at radius 2 is 1.79 bits per heavy atom. The smallest absolute Gasteiger partial charge is 0.0906 e. The standard InChI is InChI=1S/C4H11N.C3H5BrO.C3H9N/c1-3-5-4-2;4-1-3-2-5-3;1-3(2)4/h5H,3-4H2,1-2H3;3H,1-2H2;3H,4H2,1-2H3. The van der Waals surface area contributed by atoms with Crippen LogP contribution in [0.1, 0.15) is 27.7 Å². The van der Waals surface area contributed by atoms with Crippen LogP contribution in [0.5, 0.6) is 0 Å². The molecule has 0 aromatic heterocycles. The van der Waals surface area contributed by atoms with Crippen molar-refractivity contribution in [3.63, 3.8) is 0 Å². The number of rotatable bonds is 3. The molecule has 3 N–H and O–H groups in total. The van der Waals surface area contributed by atoms with Gasteiger partial charge in [-0.1, -0.05) is 43.6 Å². The molecule has 3 nitrogen and oxygen atoms in total. The Labute approximate surface area is 96.9 Å². The quantitative estimate of drug-likeness (QED) is 0.606. The van der Waals surface area contributed by atoms with Crippen LogP contribution in [0.25, 0.3) is 0 Å². The molecule has 0 aromatic rings. The molecule has 1 fully saturated rings. The number of hydrogen-bond donors (Lipinski definition) is 2. The van der Waals surface area contributed by atoms with E-state index in [1.807, 2.05) is 13.8 Å². The minimum atomic E-state index is 0.333. The molecule has 0 saturated carbocycles. The first-order valence-electron chi connectivity index (χ1n) is 5.22. The van der Waals surface area contributed by atoms with Gasteiger partial charge in [0.1, 0.15) is 0 Å². The molecule has 0 aromatic carbocycles. The molecule has 1 rings (SSSR count). The Morgan fingerprint density at radius 3 is 1.79 bits per heavy atom. The van der Waals surface area contributed by atoms with E-state index in [1.165, 1.54) is 0 Å². The maximum Gasteiger partial charge on any atom is 0.0906 e. The zero-order chi connectivity index (χ0) is 11.4. The minimum Gasteiger partial charge on any atom is -0.372 e. The highest BCUT2D eigenvalue weighted by atomic mass is 79.9. The first kappa shape index (κ1) is 16.8. The van der Waals surface area contributed by atoms with Gasteiger partial charge in [-0.05, 0) is 19.1 Å². The van der Waals surface area contributed by atoms with E-state index >= 15 is 0 Å². The zero-order valence-corrected chi connectivity index (χ0v) is 11.4. The summed E-state index contributed by atoms with van der Waals surface area (Å²) in [5, 5.41) is 4.12. The van der Waals surface area contributed by atoms with E-state index in [1.54, 1.807) is 0 Å². The van der Waals surface area contributed by atoms with Gasteiger partial charge in [0.2, 0.25) is 0 Å². The van der Waals surface area contributed by atoms with Crippen molar-refractivity contribution in [1.82, 2.24) is 5.32 Å². The molecule has 1 heterocycles. The van der Waals surface area contributed by atoms with Crippen LogP contribution in [0.15, 0.2) is 0 Å². The summed E-state index contributed by atoms with van der Waals surface area (Å²) in [6.07, 6.45) is 0.551. The largest absolute Gasteiger partial charge is 0.372 e. The van der Waals surface area contributed by atoms with Gasteiger partial charge >= 0.3 is 0 Å². The van der Waals surface area contributed by atoms with Gasteiger partial charge in [-0.3, -0.25) is 0 Å². The third-order valence-corrected chi connectivity index (χ3v) is 1.80. The van der Waals surface area contributed by atoms with E-state index in [4.69, 9.17) is 10.5 Å². The van der Waals surface area contributed by atoms with Crippen LogP contribution in [-0.2, 0) is 4.74 Å². The summed E-state index contributed by atoms with van der Waals surface area (Å²) in [7, 11) is 0. The maximum absolute atomic E-state index is 5.11. The van der Waals surface area contributed by atoms with E-state index in [9.17, 15) is 0 Å². The molecule has 0 amide bonds. The number of nitrogens with two attached hydrogens (primary N) is 1. The van der Waals surface area contributed by atoms with Gasteiger partial charge in [-0.15, -0.1) is 0 Å². The van der Waals surface area contributed by atoms with Crippen LogP contribution in [0.4, 0.5) is 0 Å². The number of halogens is 1. The molecule has 1 atom stereocenters. The van der Waals surface area contributed by atoms with Gasteiger partial charge in [0.15, 0.2) is 0 Å². The van der Waals surface area contributed by atoms with Crippen LogP contribution < -0.4 is 11.1 Å². The number of hydrogen-bond acceptors (Lipinski definition) is 3. The lowest BCUT2D eigenvalue weighted by Gasteiger charge is -1.86. The predicted molar refractivity (Wildman–Crippen MR) is 67.1 cm³/mol. The third kappa shape index (κ3) is 29.4. The normalized spacial score (nSPS) is 17.8. The molecule has 4 heteroatoms. The molecule has 1 aliphatic rings. The van der Waals surface area contributed by atoms with Crippen molar-refractivity contribution < 1.29 is 4.74 Å². The van der Waals surface area contributed by atoms with E-state index < -0.39 is 0 Å². The second kappa shape index (κ2) is 13.4. The Balaban J connectivity index is 0. The predicted octanol–water partition coefficient (Wildman–Crippen LogP) is 1.75. The minimum absolute atomic E-state index is 0.333. The Kier molecular flexibility index (Phi) is 16.0. The molecular formula is C10H25BrN2O. The summed E-state index contributed by atoms with van der Waals surface area (Å²) in [5.74, 6) is 0. The van der Waals surface area contributed by atoms with Crippen LogP contribution in [0, 0.1) is 0 Å². The lowest BCUT2D eigenvalue weighted by atomic mass is 10.5. The summed E-state index contributed by atoms with van der Waals surface area (Å²) in [6.45, 7) is 11.2. The van der Waals surface area contributed by atoms with Crippen molar-refractivity contribution in [3.05, 3.63) is 0 Å². The van der Waals surface area contributed by atoms with Gasteiger partial charge in [-0.25, -0.2) is 0 Å². The van der Waals surface area contributed by atoms with Gasteiger partial charge < -0.3 is 15.8 Å². The lowest BCUT2D eigenvalue weighted by Crippen LogP contribution is -2.09. The molecular weight excluding hydrogens is 244 g/mol. The van der Waals surface area contributed by atoms with Crippen molar-refractivity contribution in [2.75, 3.05) is 25.0 Å². The average molecular weight is 269 g/mol. The van der Waals surface area contributed by atoms with Gasteiger partial charge in [0, 0.05) is 5.33 Å². The fraction of sp³-hybridized carbons (Fsp3) is 1.00. The first-order valence-corrected chi connectivity index (χ1v) is 6.34. The molecule has 14 heavy (non-hydrogen) atoms. The van der Waals surface area contributed by atoms with Gasteiger partial charge in [0.25, 0.3) is 0 Å². The SMILES string of the molecule is BrCC1CO1.CC(C)N.CCNCC. The molecule has 0 bridgehead atoms. The van der Waals surface area contributed by atoms with Crippen molar-refractivity contribution >= 4 is 15.9 Å². The highest BCUT2D eigenvalue weighted by Gasteiger charge is 2.19. The number of nitrogens with one attached hydrogen (secondary N) is 1. The van der Waals surface area contributed by atoms with Crippen molar-refractivity contribution in [2.24, 2.45) is 5.73 Å². The molecule has 0 spiro atoms. The maximum atomic E-state index is 5.11. The topological polar surface area (TPSA) is 50.6 Å². The lowest BCUT2D eigenvalue weighted by molar-refractivity contribution is 0.427. The first-order chi connectivity index (χ1) is 6.58. The monoisotopic (exact) mass is 268 g/mol. The molecule has 0 aliphatic carbocycles. The van der Waals surface area contributed by atoms with Crippen molar-refractivity contribution in [1.29, 1.82) is 0 Å². The summed E-state index contributed by atoms with van der Waals surface area (Å²) < 4.78 is 4.81. The second-order valence-corrected chi connectivity index (χ2v) is 3.96. The third-order valence-electron chi connectivity index (χ3n) is 1.07. The van der Waals surface area contributed by atoms with E-state index in [0.29, 0.717) is 12.1 Å². The Morgan fingerprint density at radius 1 is 1.43 bits per heavy atom. The number of epoxide rings is 1. The number of alkyl halides is 1. The van der Waals surface area contributed by atoms with Crippen LogP contribution in [0.2, 0.25) is 0 Å². The molecule has 0 radical (unpaired) electrons. The molecule has 88 valence electrons. The highest BCUT2D eigenvalue weighted by Crippen LogP contribution is 2.09. The summed E-state index contributed by atoms with van der Waals surface area (Å²) in [5.41, 5.74) is 5.11. The Bertz CT molecular complexity index is 93.4. The second-order valence-electron chi connectivity index (χ2n) is 3.31. The fourth-order valence-electron chi connectivity index (χ4n) is 0.407. The zero-order valence-electron chi connectivity index (χ0n) is 9.85. The van der Waals surface area contributed by atoms with Crippen molar-refractivity contribution in [2.45, 2.75) is 39.8 Å². The average Bonchev–Trinajstić information content (AvgIpc) is 2.88. The van der Waals surface area contributed by atoms with Gasteiger partial charge in [-0.2, -0.15) is 0 Å². The molecule has 1 aliphatic heterocycles. The van der Waals surface area contributed by atoms with E-state index in [0.717, 1.165) is 25.0 Å². The van der Waals surface area contributed by atoms with Crippen LogP contribution in [0.3, 0.4) is 0 Å². The summed E-state index contributed by atoms with van der Waals surface area (Å²) in [4.78, 5) is 0. The summed E-state index contributed by atoms with van der Waals surface area (Å²) >= 11 is 3.25. The number of ether oxygens (including phenoxy) is 1. The fourth-order valence-corrected chi connectivity index (χ4v) is 0.781.